The minimum absolute atomic E-state index is 0.141. The van der Waals surface area contributed by atoms with Crippen LogP contribution in [0.2, 0.25) is 0 Å². The summed E-state index contributed by atoms with van der Waals surface area (Å²) < 4.78 is 0. The standard InChI is InChI=1S/C16H21NO/c1-13-3-5-15(6-4-13)7-8-16(18)17-11-9-14(2)10-12-17/h3-8,14H,9-12H2,1-2H3/b8-7+. The molecule has 0 radical (unpaired) electrons. The van der Waals surface area contributed by atoms with Crippen molar-refractivity contribution in [2.75, 3.05) is 13.1 Å². The van der Waals surface area contributed by atoms with Gasteiger partial charge in [0.25, 0.3) is 0 Å². The van der Waals surface area contributed by atoms with Crippen molar-refractivity contribution in [3.05, 3.63) is 41.5 Å². The number of hydrogen-bond acceptors (Lipinski definition) is 1. The molecule has 0 unspecified atom stereocenters. The van der Waals surface area contributed by atoms with Crippen molar-refractivity contribution in [3.63, 3.8) is 0 Å². The fourth-order valence-electron chi connectivity index (χ4n) is 2.18. The van der Waals surface area contributed by atoms with Crippen LogP contribution in [0, 0.1) is 12.8 Å². The summed E-state index contributed by atoms with van der Waals surface area (Å²) >= 11 is 0. The Morgan fingerprint density at radius 2 is 1.83 bits per heavy atom. The van der Waals surface area contributed by atoms with E-state index in [0.29, 0.717) is 0 Å². The molecule has 0 aliphatic carbocycles. The molecule has 0 bridgehead atoms. The maximum atomic E-state index is 12.0. The third-order valence-corrected chi connectivity index (χ3v) is 3.59. The zero-order valence-corrected chi connectivity index (χ0v) is 11.2. The SMILES string of the molecule is Cc1ccc(/C=C/C(=O)N2CCC(C)CC2)cc1. The topological polar surface area (TPSA) is 20.3 Å². The zero-order valence-electron chi connectivity index (χ0n) is 11.2. The average molecular weight is 243 g/mol. The van der Waals surface area contributed by atoms with Crippen LogP contribution < -0.4 is 0 Å². The van der Waals surface area contributed by atoms with E-state index in [2.05, 4.69) is 26.0 Å². The van der Waals surface area contributed by atoms with Crippen molar-refractivity contribution in [1.82, 2.24) is 4.90 Å². The lowest BCUT2D eigenvalue weighted by Crippen LogP contribution is -2.36. The lowest BCUT2D eigenvalue weighted by Gasteiger charge is -2.29. The van der Waals surface area contributed by atoms with Crippen LogP contribution in [0.3, 0.4) is 0 Å². The summed E-state index contributed by atoms with van der Waals surface area (Å²) in [5.41, 5.74) is 2.32. The molecule has 1 amide bonds. The molecule has 1 aliphatic heterocycles. The predicted octanol–water partition coefficient (Wildman–Crippen LogP) is 3.27. The first kappa shape index (κ1) is 12.9. The summed E-state index contributed by atoms with van der Waals surface area (Å²) in [6, 6.07) is 8.20. The molecule has 0 spiro atoms. The van der Waals surface area contributed by atoms with Crippen molar-refractivity contribution in [1.29, 1.82) is 0 Å². The molecule has 96 valence electrons. The third-order valence-electron chi connectivity index (χ3n) is 3.59. The molecule has 0 N–H and O–H groups in total. The van der Waals surface area contributed by atoms with Gasteiger partial charge in [0.15, 0.2) is 0 Å². The summed E-state index contributed by atoms with van der Waals surface area (Å²) in [4.78, 5) is 13.9. The quantitative estimate of drug-likeness (QED) is 0.730. The number of amides is 1. The third kappa shape index (κ3) is 3.46. The first-order valence-electron chi connectivity index (χ1n) is 6.69. The van der Waals surface area contributed by atoms with E-state index >= 15 is 0 Å². The summed E-state index contributed by atoms with van der Waals surface area (Å²) in [6.45, 7) is 6.12. The van der Waals surface area contributed by atoms with E-state index in [1.54, 1.807) is 6.08 Å². The molecule has 18 heavy (non-hydrogen) atoms. The largest absolute Gasteiger partial charge is 0.339 e. The van der Waals surface area contributed by atoms with Crippen molar-refractivity contribution in [2.45, 2.75) is 26.7 Å². The number of likely N-dealkylation sites (tertiary alicyclic amines) is 1. The molecule has 0 atom stereocenters. The van der Waals surface area contributed by atoms with Crippen molar-refractivity contribution in [2.24, 2.45) is 5.92 Å². The number of hydrogen-bond donors (Lipinski definition) is 0. The highest BCUT2D eigenvalue weighted by Gasteiger charge is 2.18. The molecule has 1 heterocycles. The van der Waals surface area contributed by atoms with E-state index in [0.717, 1.165) is 37.4 Å². The normalized spacial score (nSPS) is 17.3. The molecule has 0 aromatic heterocycles. The summed E-state index contributed by atoms with van der Waals surface area (Å²) in [5, 5.41) is 0. The number of nitrogens with zero attached hydrogens (tertiary/aromatic N) is 1. The van der Waals surface area contributed by atoms with Crippen LogP contribution in [0.25, 0.3) is 6.08 Å². The van der Waals surface area contributed by atoms with E-state index < -0.39 is 0 Å². The van der Waals surface area contributed by atoms with Crippen LogP contribution >= 0.6 is 0 Å². The van der Waals surface area contributed by atoms with Gasteiger partial charge in [0, 0.05) is 19.2 Å². The average Bonchev–Trinajstić information content (AvgIpc) is 2.38. The van der Waals surface area contributed by atoms with Gasteiger partial charge in [-0.2, -0.15) is 0 Å². The van der Waals surface area contributed by atoms with E-state index in [1.165, 1.54) is 5.56 Å². The molecular formula is C16H21NO. The summed E-state index contributed by atoms with van der Waals surface area (Å²) in [7, 11) is 0. The molecular weight excluding hydrogens is 222 g/mol. The lowest BCUT2D eigenvalue weighted by atomic mass is 9.99. The molecule has 1 aromatic carbocycles. The van der Waals surface area contributed by atoms with E-state index in [1.807, 2.05) is 23.1 Å². The minimum atomic E-state index is 0.141. The highest BCUT2D eigenvalue weighted by atomic mass is 16.2. The highest BCUT2D eigenvalue weighted by Crippen LogP contribution is 2.16. The molecule has 1 aromatic rings. The number of aryl methyl sites for hydroxylation is 1. The predicted molar refractivity (Wildman–Crippen MR) is 75.2 cm³/mol. The molecule has 2 rings (SSSR count). The number of rotatable bonds is 2. The second-order valence-electron chi connectivity index (χ2n) is 5.25. The zero-order chi connectivity index (χ0) is 13.0. The maximum Gasteiger partial charge on any atom is 0.246 e. The fourth-order valence-corrected chi connectivity index (χ4v) is 2.18. The van der Waals surface area contributed by atoms with Gasteiger partial charge < -0.3 is 4.90 Å². The second-order valence-corrected chi connectivity index (χ2v) is 5.25. The van der Waals surface area contributed by atoms with Gasteiger partial charge in [0.05, 0.1) is 0 Å². The van der Waals surface area contributed by atoms with Crippen LogP contribution in [-0.4, -0.2) is 23.9 Å². The number of carbonyl (C=O) groups excluding carboxylic acids is 1. The van der Waals surface area contributed by atoms with Crippen molar-refractivity contribution >= 4 is 12.0 Å². The highest BCUT2D eigenvalue weighted by molar-refractivity contribution is 5.91. The Labute approximate surface area is 109 Å². The molecule has 0 saturated carbocycles. The van der Waals surface area contributed by atoms with Crippen molar-refractivity contribution in [3.8, 4) is 0 Å². The molecule has 2 heteroatoms. The second kappa shape index (κ2) is 5.85. The van der Waals surface area contributed by atoms with Gasteiger partial charge in [0.1, 0.15) is 0 Å². The van der Waals surface area contributed by atoms with Crippen LogP contribution in [0.4, 0.5) is 0 Å². The monoisotopic (exact) mass is 243 g/mol. The van der Waals surface area contributed by atoms with Gasteiger partial charge in [-0.1, -0.05) is 36.8 Å². The Morgan fingerprint density at radius 3 is 2.44 bits per heavy atom. The Morgan fingerprint density at radius 1 is 1.22 bits per heavy atom. The molecule has 1 aliphatic rings. The number of piperidine rings is 1. The summed E-state index contributed by atoms with van der Waals surface area (Å²) in [6.07, 6.45) is 5.86. The maximum absolute atomic E-state index is 12.0. The van der Waals surface area contributed by atoms with Crippen LogP contribution in [-0.2, 0) is 4.79 Å². The molecule has 1 fully saturated rings. The van der Waals surface area contributed by atoms with Crippen LogP contribution in [0.15, 0.2) is 30.3 Å². The molecule has 1 saturated heterocycles. The Kier molecular flexibility index (Phi) is 4.19. The van der Waals surface area contributed by atoms with Gasteiger partial charge in [-0.05, 0) is 37.3 Å². The lowest BCUT2D eigenvalue weighted by molar-refractivity contribution is -0.127. The van der Waals surface area contributed by atoms with Gasteiger partial charge in [-0.15, -0.1) is 0 Å². The van der Waals surface area contributed by atoms with Crippen LogP contribution in [0.5, 0.6) is 0 Å². The smallest absolute Gasteiger partial charge is 0.246 e. The van der Waals surface area contributed by atoms with Gasteiger partial charge in [-0.25, -0.2) is 0 Å². The van der Waals surface area contributed by atoms with Crippen LogP contribution in [0.1, 0.15) is 30.9 Å². The van der Waals surface area contributed by atoms with Gasteiger partial charge >= 0.3 is 0 Å². The molecule has 2 nitrogen and oxygen atoms in total. The first-order chi connectivity index (χ1) is 8.65. The Balaban J connectivity index is 1.92. The Hall–Kier alpha value is -1.57. The first-order valence-corrected chi connectivity index (χ1v) is 6.69. The fraction of sp³-hybridized carbons (Fsp3) is 0.438. The van der Waals surface area contributed by atoms with Gasteiger partial charge in [-0.3, -0.25) is 4.79 Å². The number of benzene rings is 1. The van der Waals surface area contributed by atoms with E-state index in [4.69, 9.17) is 0 Å². The Bertz CT molecular complexity index is 425. The van der Waals surface area contributed by atoms with E-state index in [-0.39, 0.29) is 5.91 Å². The minimum Gasteiger partial charge on any atom is -0.339 e. The summed E-state index contributed by atoms with van der Waals surface area (Å²) in [5.74, 6) is 0.901. The number of carbonyl (C=O) groups is 1. The van der Waals surface area contributed by atoms with Crippen molar-refractivity contribution < 1.29 is 4.79 Å². The van der Waals surface area contributed by atoms with E-state index in [9.17, 15) is 4.79 Å². The van der Waals surface area contributed by atoms with Gasteiger partial charge in [0.2, 0.25) is 5.91 Å².